The van der Waals surface area contributed by atoms with Gasteiger partial charge in [-0.05, 0) is 18.8 Å². The van der Waals surface area contributed by atoms with E-state index in [1.807, 2.05) is 0 Å². The van der Waals surface area contributed by atoms with Crippen LogP contribution < -0.4 is 10.6 Å². The molecule has 1 saturated carbocycles. The normalized spacial score (nSPS) is 23.3. The molecule has 0 radical (unpaired) electrons. The second-order valence-electron chi connectivity index (χ2n) is 5.15. The number of rotatable bonds is 6. The molecule has 2 rings (SSSR count). The quantitative estimate of drug-likeness (QED) is 0.658. The summed E-state index contributed by atoms with van der Waals surface area (Å²) in [5.41, 5.74) is 0.247. The lowest BCUT2D eigenvalue weighted by Crippen LogP contribution is -2.49. The molecule has 1 heterocycles. The number of nitrogens with one attached hydrogen (secondary N) is 2. The van der Waals surface area contributed by atoms with Crippen LogP contribution in [0.4, 0.5) is 0 Å². The van der Waals surface area contributed by atoms with Crippen LogP contribution in [0.3, 0.4) is 0 Å². The lowest BCUT2D eigenvalue weighted by molar-refractivity contribution is -0.121. The Morgan fingerprint density at radius 1 is 1.47 bits per heavy atom. The van der Waals surface area contributed by atoms with Crippen LogP contribution in [0.2, 0.25) is 0 Å². The van der Waals surface area contributed by atoms with Crippen LogP contribution in [0.25, 0.3) is 0 Å². The van der Waals surface area contributed by atoms with Crippen LogP contribution in [0.15, 0.2) is 0 Å². The van der Waals surface area contributed by atoms with E-state index in [0.29, 0.717) is 6.54 Å². The highest BCUT2D eigenvalue weighted by molar-refractivity contribution is 5.77. The highest BCUT2D eigenvalue weighted by atomic mass is 16.5. The Hall–Kier alpha value is -0.610. The summed E-state index contributed by atoms with van der Waals surface area (Å²) in [6.45, 7) is 5.95. The summed E-state index contributed by atoms with van der Waals surface area (Å²) in [6, 6.07) is 0. The molecular weight excluding hydrogens is 192 g/mol. The van der Waals surface area contributed by atoms with Gasteiger partial charge in [-0.2, -0.15) is 0 Å². The molecule has 1 amide bonds. The summed E-state index contributed by atoms with van der Waals surface area (Å²) in [5, 5.41) is 6.11. The molecule has 15 heavy (non-hydrogen) atoms. The van der Waals surface area contributed by atoms with E-state index in [9.17, 15) is 4.79 Å². The molecule has 2 fully saturated rings. The Balaban J connectivity index is 1.50. The van der Waals surface area contributed by atoms with E-state index in [0.717, 1.165) is 32.2 Å². The van der Waals surface area contributed by atoms with Gasteiger partial charge in [0.25, 0.3) is 0 Å². The first-order valence-corrected chi connectivity index (χ1v) is 5.73. The van der Waals surface area contributed by atoms with E-state index in [-0.39, 0.29) is 11.3 Å². The van der Waals surface area contributed by atoms with E-state index < -0.39 is 0 Å². The third-order valence-corrected chi connectivity index (χ3v) is 3.02. The third-order valence-electron chi connectivity index (χ3n) is 3.02. The van der Waals surface area contributed by atoms with Crippen LogP contribution in [-0.2, 0) is 9.53 Å². The molecular formula is C11H20N2O2. The average molecular weight is 212 g/mol. The molecule has 1 saturated heterocycles. The first kappa shape index (κ1) is 10.9. The van der Waals surface area contributed by atoms with Crippen LogP contribution in [0.5, 0.6) is 0 Å². The number of hydrogen-bond acceptors (Lipinski definition) is 3. The first-order chi connectivity index (χ1) is 7.18. The van der Waals surface area contributed by atoms with Crippen molar-refractivity contribution in [3.8, 4) is 0 Å². The van der Waals surface area contributed by atoms with E-state index in [1.54, 1.807) is 0 Å². The fraction of sp³-hybridized carbons (Fsp3) is 0.909. The minimum absolute atomic E-state index is 0.116. The minimum Gasteiger partial charge on any atom is -0.380 e. The van der Waals surface area contributed by atoms with Gasteiger partial charge in [-0.25, -0.2) is 0 Å². The van der Waals surface area contributed by atoms with Crippen molar-refractivity contribution in [1.29, 1.82) is 0 Å². The van der Waals surface area contributed by atoms with Gasteiger partial charge in [0.1, 0.15) is 0 Å². The van der Waals surface area contributed by atoms with Gasteiger partial charge in [0.05, 0.1) is 19.8 Å². The van der Waals surface area contributed by atoms with Gasteiger partial charge >= 0.3 is 0 Å². The Kier molecular flexibility index (Phi) is 3.26. The number of hydrogen-bond donors (Lipinski definition) is 2. The van der Waals surface area contributed by atoms with Gasteiger partial charge in [0, 0.05) is 18.5 Å². The molecule has 0 aromatic rings. The van der Waals surface area contributed by atoms with Crippen LogP contribution >= 0.6 is 0 Å². The summed E-state index contributed by atoms with van der Waals surface area (Å²) in [6.07, 6.45) is 2.56. The molecule has 0 aromatic carbocycles. The SMILES string of the molecule is CC1(CNCC(=O)NCC2CC2)COC1. The van der Waals surface area contributed by atoms with E-state index in [2.05, 4.69) is 17.6 Å². The van der Waals surface area contributed by atoms with Gasteiger partial charge in [0.15, 0.2) is 0 Å². The molecule has 0 atom stereocenters. The lowest BCUT2D eigenvalue weighted by Gasteiger charge is -2.38. The predicted molar refractivity (Wildman–Crippen MR) is 57.5 cm³/mol. The van der Waals surface area contributed by atoms with Crippen molar-refractivity contribution < 1.29 is 9.53 Å². The van der Waals surface area contributed by atoms with Gasteiger partial charge in [0.2, 0.25) is 5.91 Å². The molecule has 4 heteroatoms. The average Bonchev–Trinajstić information content (AvgIpc) is 2.95. The smallest absolute Gasteiger partial charge is 0.233 e. The Morgan fingerprint density at radius 3 is 2.73 bits per heavy atom. The van der Waals surface area contributed by atoms with E-state index in [4.69, 9.17) is 4.74 Å². The Morgan fingerprint density at radius 2 is 2.20 bits per heavy atom. The topological polar surface area (TPSA) is 50.4 Å². The molecule has 1 aliphatic carbocycles. The summed E-state index contributed by atoms with van der Waals surface area (Å²) >= 11 is 0. The first-order valence-electron chi connectivity index (χ1n) is 5.73. The Bertz CT molecular complexity index is 235. The van der Waals surface area contributed by atoms with Crippen molar-refractivity contribution in [2.45, 2.75) is 19.8 Å². The van der Waals surface area contributed by atoms with Crippen molar-refractivity contribution in [3.63, 3.8) is 0 Å². The van der Waals surface area contributed by atoms with Crippen LogP contribution in [0.1, 0.15) is 19.8 Å². The van der Waals surface area contributed by atoms with Crippen LogP contribution in [-0.4, -0.2) is 38.8 Å². The molecule has 0 spiro atoms. The van der Waals surface area contributed by atoms with Gasteiger partial charge in [-0.15, -0.1) is 0 Å². The Labute approximate surface area is 90.8 Å². The lowest BCUT2D eigenvalue weighted by atomic mass is 9.89. The number of ether oxygens (including phenoxy) is 1. The van der Waals surface area contributed by atoms with Gasteiger partial charge < -0.3 is 15.4 Å². The molecule has 0 aromatic heterocycles. The zero-order valence-electron chi connectivity index (χ0n) is 9.34. The van der Waals surface area contributed by atoms with Crippen molar-refractivity contribution in [2.24, 2.45) is 11.3 Å². The summed E-state index contributed by atoms with van der Waals surface area (Å²) in [4.78, 5) is 11.4. The zero-order valence-corrected chi connectivity index (χ0v) is 9.34. The monoisotopic (exact) mass is 212 g/mol. The van der Waals surface area contributed by atoms with Crippen LogP contribution in [0, 0.1) is 11.3 Å². The standard InChI is InChI=1S/C11H20N2O2/c1-11(7-15-8-11)6-12-5-10(14)13-4-9-2-3-9/h9,12H,2-8H2,1H3,(H,13,14). The maximum atomic E-state index is 11.4. The van der Waals surface area contributed by atoms with Crippen molar-refractivity contribution in [1.82, 2.24) is 10.6 Å². The molecule has 4 nitrogen and oxygen atoms in total. The van der Waals surface area contributed by atoms with Gasteiger partial charge in [-0.3, -0.25) is 4.79 Å². The van der Waals surface area contributed by atoms with E-state index >= 15 is 0 Å². The van der Waals surface area contributed by atoms with Gasteiger partial charge in [-0.1, -0.05) is 6.92 Å². The summed E-state index contributed by atoms with van der Waals surface area (Å²) in [5.74, 6) is 0.872. The third kappa shape index (κ3) is 3.47. The predicted octanol–water partition coefficient (Wildman–Crippen LogP) is 0.139. The van der Waals surface area contributed by atoms with Crippen molar-refractivity contribution in [2.75, 3.05) is 32.8 Å². The second kappa shape index (κ2) is 4.49. The van der Waals surface area contributed by atoms with Crippen molar-refractivity contribution in [3.05, 3.63) is 0 Å². The molecule has 86 valence electrons. The molecule has 2 N–H and O–H groups in total. The van der Waals surface area contributed by atoms with Crippen molar-refractivity contribution >= 4 is 5.91 Å². The minimum atomic E-state index is 0.116. The highest BCUT2D eigenvalue weighted by Gasteiger charge is 2.32. The zero-order chi connectivity index (χ0) is 10.7. The largest absolute Gasteiger partial charge is 0.380 e. The molecule has 0 bridgehead atoms. The number of amides is 1. The molecule has 0 unspecified atom stereocenters. The van der Waals surface area contributed by atoms with E-state index in [1.165, 1.54) is 12.8 Å². The fourth-order valence-electron chi connectivity index (χ4n) is 1.67. The maximum absolute atomic E-state index is 11.4. The highest BCUT2D eigenvalue weighted by Crippen LogP contribution is 2.27. The summed E-state index contributed by atoms with van der Waals surface area (Å²) in [7, 11) is 0. The number of carbonyl (C=O) groups excluding carboxylic acids is 1. The fourth-order valence-corrected chi connectivity index (χ4v) is 1.67. The molecule has 1 aliphatic heterocycles. The molecule has 2 aliphatic rings. The summed E-state index contributed by atoms with van der Waals surface area (Å²) < 4.78 is 5.14. The maximum Gasteiger partial charge on any atom is 0.233 e. The second-order valence-corrected chi connectivity index (χ2v) is 5.15. The number of carbonyl (C=O) groups is 1.